The van der Waals surface area contributed by atoms with Gasteiger partial charge in [0, 0.05) is 5.02 Å². The molecular formula is C18H14BrCl. The van der Waals surface area contributed by atoms with Crippen LogP contribution in [-0.4, -0.2) is 0 Å². The molecule has 2 heteroatoms. The van der Waals surface area contributed by atoms with Crippen molar-refractivity contribution in [2.45, 2.75) is 11.8 Å². The Kier molecular flexibility index (Phi) is 3.82. The van der Waals surface area contributed by atoms with Crippen LogP contribution in [0.4, 0.5) is 0 Å². The fraction of sp³-hybridized carbons (Fsp3) is 0.111. The van der Waals surface area contributed by atoms with E-state index < -0.39 is 0 Å². The van der Waals surface area contributed by atoms with Gasteiger partial charge in [0.25, 0.3) is 0 Å². The number of benzene rings is 3. The fourth-order valence-corrected chi connectivity index (χ4v) is 3.29. The first-order valence-corrected chi connectivity index (χ1v) is 7.84. The van der Waals surface area contributed by atoms with Gasteiger partial charge < -0.3 is 0 Å². The molecule has 0 amide bonds. The van der Waals surface area contributed by atoms with Crippen molar-refractivity contribution in [3.8, 4) is 0 Å². The lowest BCUT2D eigenvalue weighted by molar-refractivity contribution is 1.19. The fourth-order valence-electron chi connectivity index (χ4n) is 2.42. The third-order valence-corrected chi connectivity index (χ3v) is 5.01. The lowest BCUT2D eigenvalue weighted by atomic mass is 9.98. The Balaban J connectivity index is 2.12. The van der Waals surface area contributed by atoms with E-state index in [1.807, 2.05) is 13.0 Å². The van der Waals surface area contributed by atoms with E-state index in [0.29, 0.717) is 0 Å². The number of fused-ring (bicyclic) bond motifs is 1. The summed E-state index contributed by atoms with van der Waals surface area (Å²) in [4.78, 5) is 0.145. The van der Waals surface area contributed by atoms with Gasteiger partial charge in [0.05, 0.1) is 4.83 Å². The predicted octanol–water partition coefficient (Wildman–Crippen LogP) is 6.29. The molecule has 20 heavy (non-hydrogen) atoms. The van der Waals surface area contributed by atoms with E-state index in [1.165, 1.54) is 21.9 Å². The maximum Gasteiger partial charge on any atom is 0.0651 e. The highest BCUT2D eigenvalue weighted by molar-refractivity contribution is 9.09. The SMILES string of the molecule is Cc1ccc(C(Br)c2cccc3ccccc23)cc1Cl. The first-order valence-electron chi connectivity index (χ1n) is 6.54. The number of aryl methyl sites for hydroxylation is 1. The second kappa shape index (κ2) is 5.59. The van der Waals surface area contributed by atoms with E-state index in [1.54, 1.807) is 0 Å². The maximum atomic E-state index is 6.24. The molecule has 0 bridgehead atoms. The van der Waals surface area contributed by atoms with E-state index >= 15 is 0 Å². The van der Waals surface area contributed by atoms with Gasteiger partial charge >= 0.3 is 0 Å². The van der Waals surface area contributed by atoms with Crippen molar-refractivity contribution in [2.75, 3.05) is 0 Å². The summed E-state index contributed by atoms with van der Waals surface area (Å²) in [7, 11) is 0. The summed E-state index contributed by atoms with van der Waals surface area (Å²) in [6.45, 7) is 2.02. The quantitative estimate of drug-likeness (QED) is 0.479. The molecule has 100 valence electrons. The van der Waals surface area contributed by atoms with Crippen molar-refractivity contribution in [3.05, 3.63) is 82.4 Å². The van der Waals surface area contributed by atoms with E-state index in [4.69, 9.17) is 11.6 Å². The highest BCUT2D eigenvalue weighted by Crippen LogP contribution is 2.36. The van der Waals surface area contributed by atoms with Gasteiger partial charge in [0.1, 0.15) is 0 Å². The standard InChI is InChI=1S/C18H14BrCl/c1-12-9-10-14(11-17(12)20)18(19)16-8-4-6-13-5-2-3-7-15(13)16/h2-11,18H,1H3. The topological polar surface area (TPSA) is 0 Å². The molecule has 0 nitrogen and oxygen atoms in total. The second-order valence-electron chi connectivity index (χ2n) is 4.94. The smallest absolute Gasteiger partial charge is 0.0651 e. The molecule has 0 saturated heterocycles. The Morgan fingerprint density at radius 1 is 0.950 bits per heavy atom. The summed E-state index contributed by atoms with van der Waals surface area (Å²) in [6, 6.07) is 21.1. The summed E-state index contributed by atoms with van der Waals surface area (Å²) in [6.07, 6.45) is 0. The minimum atomic E-state index is 0.145. The lowest BCUT2D eigenvalue weighted by Gasteiger charge is -2.14. The van der Waals surface area contributed by atoms with E-state index in [9.17, 15) is 0 Å². The van der Waals surface area contributed by atoms with Crippen LogP contribution in [0.5, 0.6) is 0 Å². The van der Waals surface area contributed by atoms with Crippen molar-refractivity contribution in [2.24, 2.45) is 0 Å². The van der Waals surface area contributed by atoms with Crippen molar-refractivity contribution in [1.29, 1.82) is 0 Å². The molecular weight excluding hydrogens is 332 g/mol. The maximum absolute atomic E-state index is 6.24. The predicted molar refractivity (Wildman–Crippen MR) is 90.9 cm³/mol. The highest BCUT2D eigenvalue weighted by Gasteiger charge is 2.14. The zero-order valence-corrected chi connectivity index (χ0v) is 13.4. The van der Waals surface area contributed by atoms with Gasteiger partial charge in [0.15, 0.2) is 0 Å². The Morgan fingerprint density at radius 3 is 2.50 bits per heavy atom. The molecule has 0 aromatic heterocycles. The molecule has 0 radical (unpaired) electrons. The van der Waals surface area contributed by atoms with Crippen LogP contribution in [0.1, 0.15) is 21.5 Å². The van der Waals surface area contributed by atoms with Crippen molar-refractivity contribution in [3.63, 3.8) is 0 Å². The minimum absolute atomic E-state index is 0.145. The van der Waals surface area contributed by atoms with Crippen LogP contribution < -0.4 is 0 Å². The van der Waals surface area contributed by atoms with Crippen molar-refractivity contribution in [1.82, 2.24) is 0 Å². The summed E-state index contributed by atoms with van der Waals surface area (Å²) in [5.74, 6) is 0. The first kappa shape index (κ1) is 13.7. The van der Waals surface area contributed by atoms with E-state index in [2.05, 4.69) is 70.5 Å². The van der Waals surface area contributed by atoms with Crippen LogP contribution in [0, 0.1) is 6.92 Å². The summed E-state index contributed by atoms with van der Waals surface area (Å²) in [5, 5.41) is 3.34. The van der Waals surface area contributed by atoms with Gasteiger partial charge in [-0.15, -0.1) is 0 Å². The highest BCUT2D eigenvalue weighted by atomic mass is 79.9. The Hall–Kier alpha value is -1.31. The molecule has 0 aliphatic heterocycles. The molecule has 0 aliphatic carbocycles. The molecule has 0 heterocycles. The number of rotatable bonds is 2. The summed E-state index contributed by atoms with van der Waals surface area (Å²) < 4.78 is 0. The van der Waals surface area contributed by atoms with Crippen LogP contribution >= 0.6 is 27.5 Å². The molecule has 0 N–H and O–H groups in total. The number of hydrogen-bond acceptors (Lipinski definition) is 0. The van der Waals surface area contributed by atoms with Crippen molar-refractivity contribution < 1.29 is 0 Å². The lowest BCUT2D eigenvalue weighted by Crippen LogP contribution is -1.94. The van der Waals surface area contributed by atoms with Crippen LogP contribution in [0.25, 0.3) is 10.8 Å². The average Bonchev–Trinajstić information content (AvgIpc) is 2.49. The van der Waals surface area contributed by atoms with Gasteiger partial charge in [-0.25, -0.2) is 0 Å². The molecule has 0 fully saturated rings. The molecule has 0 spiro atoms. The van der Waals surface area contributed by atoms with E-state index in [-0.39, 0.29) is 4.83 Å². The summed E-state index contributed by atoms with van der Waals surface area (Å²) in [5.41, 5.74) is 3.55. The zero-order chi connectivity index (χ0) is 14.1. The Labute approximate surface area is 132 Å². The summed E-state index contributed by atoms with van der Waals surface area (Å²) >= 11 is 10.1. The number of halogens is 2. The molecule has 1 unspecified atom stereocenters. The minimum Gasteiger partial charge on any atom is -0.0840 e. The van der Waals surface area contributed by atoms with Crippen LogP contribution in [0.2, 0.25) is 5.02 Å². The molecule has 1 atom stereocenters. The Morgan fingerprint density at radius 2 is 1.70 bits per heavy atom. The third kappa shape index (κ3) is 2.48. The molecule has 0 aliphatic rings. The van der Waals surface area contributed by atoms with Crippen LogP contribution in [0.3, 0.4) is 0 Å². The van der Waals surface area contributed by atoms with E-state index in [0.717, 1.165) is 10.6 Å². The van der Waals surface area contributed by atoms with Gasteiger partial charge in [-0.2, -0.15) is 0 Å². The van der Waals surface area contributed by atoms with Gasteiger partial charge in [-0.05, 0) is 40.5 Å². The van der Waals surface area contributed by atoms with Crippen LogP contribution in [0.15, 0.2) is 60.7 Å². The van der Waals surface area contributed by atoms with Gasteiger partial charge in [-0.1, -0.05) is 82.1 Å². The number of alkyl halides is 1. The van der Waals surface area contributed by atoms with Crippen LogP contribution in [-0.2, 0) is 0 Å². The van der Waals surface area contributed by atoms with Gasteiger partial charge in [0.2, 0.25) is 0 Å². The monoisotopic (exact) mass is 344 g/mol. The third-order valence-electron chi connectivity index (χ3n) is 3.58. The Bertz CT molecular complexity index is 759. The first-order chi connectivity index (χ1) is 9.66. The molecule has 0 saturated carbocycles. The van der Waals surface area contributed by atoms with Gasteiger partial charge in [-0.3, -0.25) is 0 Å². The zero-order valence-electron chi connectivity index (χ0n) is 11.1. The van der Waals surface area contributed by atoms with Crippen molar-refractivity contribution >= 4 is 38.3 Å². The number of hydrogen-bond donors (Lipinski definition) is 0. The molecule has 3 aromatic rings. The normalized spacial score (nSPS) is 12.6. The second-order valence-corrected chi connectivity index (χ2v) is 6.26. The molecule has 3 rings (SSSR count). The average molecular weight is 346 g/mol. The largest absolute Gasteiger partial charge is 0.0840 e. The molecule has 3 aromatic carbocycles.